The second-order valence-electron chi connectivity index (χ2n) is 6.40. The van der Waals surface area contributed by atoms with Crippen LogP contribution in [-0.2, 0) is 5.54 Å². The quantitative estimate of drug-likeness (QED) is 0.774. The van der Waals surface area contributed by atoms with Gasteiger partial charge >= 0.3 is 6.18 Å². The Kier molecular flexibility index (Phi) is 4.44. The molecule has 126 valence electrons. The number of fused-ring (bicyclic) bond motifs is 2. The Morgan fingerprint density at radius 1 is 1.48 bits per heavy atom. The van der Waals surface area contributed by atoms with Gasteiger partial charge in [-0.25, -0.2) is 0 Å². The Bertz CT molecular complexity index is 624. The molecule has 2 N–H and O–H groups in total. The van der Waals surface area contributed by atoms with Gasteiger partial charge < -0.3 is 5.73 Å². The van der Waals surface area contributed by atoms with Crippen LogP contribution in [0.15, 0.2) is 22.9 Å². The fourth-order valence-corrected chi connectivity index (χ4v) is 4.67. The van der Waals surface area contributed by atoms with Gasteiger partial charge in [0.15, 0.2) is 0 Å². The van der Waals surface area contributed by atoms with Crippen LogP contribution in [0.1, 0.15) is 31.2 Å². The highest BCUT2D eigenvalue weighted by atomic mass is 79.9. The average molecular weight is 408 g/mol. The summed E-state index contributed by atoms with van der Waals surface area (Å²) in [5, 5.41) is 0. The van der Waals surface area contributed by atoms with Crippen molar-refractivity contribution in [2.75, 3.05) is 6.54 Å². The van der Waals surface area contributed by atoms with Crippen LogP contribution in [0.4, 0.5) is 13.2 Å². The van der Waals surface area contributed by atoms with Crippen LogP contribution >= 0.6 is 28.1 Å². The van der Waals surface area contributed by atoms with Crippen LogP contribution in [0.3, 0.4) is 0 Å². The van der Waals surface area contributed by atoms with Crippen LogP contribution in [0.25, 0.3) is 0 Å². The van der Waals surface area contributed by atoms with Crippen LogP contribution < -0.4 is 5.73 Å². The third-order valence-corrected chi connectivity index (χ3v) is 5.78. The molecule has 23 heavy (non-hydrogen) atoms. The van der Waals surface area contributed by atoms with E-state index in [2.05, 4.69) is 20.9 Å². The lowest BCUT2D eigenvalue weighted by atomic mass is 9.77. The first kappa shape index (κ1) is 17.1. The number of piperidine rings is 1. The molecular formula is C15H17BrF3N3S. The largest absolute Gasteiger partial charge is 0.401 e. The van der Waals surface area contributed by atoms with Gasteiger partial charge in [-0.3, -0.25) is 9.88 Å². The number of halogens is 4. The highest BCUT2D eigenvalue weighted by Gasteiger charge is 2.55. The summed E-state index contributed by atoms with van der Waals surface area (Å²) >= 11 is 8.50. The molecule has 8 heteroatoms. The number of hydrogen-bond acceptors (Lipinski definition) is 3. The van der Waals surface area contributed by atoms with E-state index in [1.165, 1.54) is 0 Å². The first-order chi connectivity index (χ1) is 10.7. The molecule has 3 unspecified atom stereocenters. The molecule has 2 aliphatic rings. The van der Waals surface area contributed by atoms with E-state index in [-0.39, 0.29) is 12.0 Å². The molecule has 0 radical (unpaired) electrons. The molecule has 2 saturated heterocycles. The molecule has 0 spiro atoms. The number of thiocarbonyl (C=S) groups is 1. The van der Waals surface area contributed by atoms with Gasteiger partial charge in [0.1, 0.15) is 0 Å². The first-order valence-corrected chi connectivity index (χ1v) is 8.65. The van der Waals surface area contributed by atoms with Crippen molar-refractivity contribution in [3.8, 4) is 0 Å². The minimum atomic E-state index is -4.23. The van der Waals surface area contributed by atoms with Crippen molar-refractivity contribution in [3.63, 3.8) is 0 Å². The molecule has 2 bridgehead atoms. The summed E-state index contributed by atoms with van der Waals surface area (Å²) in [6, 6.07) is 1.72. The van der Waals surface area contributed by atoms with Gasteiger partial charge in [0, 0.05) is 34.4 Å². The fourth-order valence-electron chi connectivity index (χ4n) is 4.12. The van der Waals surface area contributed by atoms with Gasteiger partial charge in [0.2, 0.25) is 0 Å². The molecule has 3 rings (SSSR count). The molecule has 0 saturated carbocycles. The zero-order valence-corrected chi connectivity index (χ0v) is 14.7. The Hall–Kier alpha value is -0.730. The second kappa shape index (κ2) is 5.97. The number of nitrogens with two attached hydrogens (primary N) is 1. The van der Waals surface area contributed by atoms with Crippen molar-refractivity contribution in [1.82, 2.24) is 9.88 Å². The molecule has 1 aromatic rings. The Balaban J connectivity index is 2.04. The predicted molar refractivity (Wildman–Crippen MR) is 88.9 cm³/mol. The predicted octanol–water partition coefficient (Wildman–Crippen LogP) is 3.76. The molecule has 0 aliphatic carbocycles. The lowest BCUT2D eigenvalue weighted by molar-refractivity contribution is -0.167. The van der Waals surface area contributed by atoms with Crippen LogP contribution in [0.5, 0.6) is 0 Å². The van der Waals surface area contributed by atoms with E-state index >= 15 is 0 Å². The van der Waals surface area contributed by atoms with Gasteiger partial charge in [-0.05, 0) is 53.2 Å². The molecule has 2 aliphatic heterocycles. The molecule has 3 heterocycles. The minimum absolute atomic E-state index is 0.0269. The van der Waals surface area contributed by atoms with Gasteiger partial charge in [-0.15, -0.1) is 0 Å². The molecule has 3 nitrogen and oxygen atoms in total. The number of nitrogens with zero attached hydrogens (tertiary/aromatic N) is 2. The van der Waals surface area contributed by atoms with Crippen molar-refractivity contribution >= 4 is 33.1 Å². The van der Waals surface area contributed by atoms with E-state index in [0.29, 0.717) is 24.3 Å². The van der Waals surface area contributed by atoms with Crippen molar-refractivity contribution in [3.05, 3.63) is 28.5 Å². The third-order valence-electron chi connectivity index (χ3n) is 5.02. The topological polar surface area (TPSA) is 42.1 Å². The van der Waals surface area contributed by atoms with Crippen molar-refractivity contribution < 1.29 is 13.2 Å². The lowest BCUT2D eigenvalue weighted by Crippen LogP contribution is -2.55. The summed E-state index contributed by atoms with van der Waals surface area (Å²) in [7, 11) is 0. The first-order valence-electron chi connectivity index (χ1n) is 7.45. The maximum atomic E-state index is 13.1. The minimum Gasteiger partial charge on any atom is -0.393 e. The lowest BCUT2D eigenvalue weighted by Gasteiger charge is -2.48. The molecule has 0 aromatic carbocycles. The van der Waals surface area contributed by atoms with Gasteiger partial charge in [0.05, 0.1) is 11.5 Å². The van der Waals surface area contributed by atoms with Gasteiger partial charge in [-0.1, -0.05) is 12.2 Å². The van der Waals surface area contributed by atoms with Crippen LogP contribution in [-0.4, -0.2) is 33.6 Å². The van der Waals surface area contributed by atoms with Gasteiger partial charge in [0.25, 0.3) is 0 Å². The second-order valence-corrected chi connectivity index (χ2v) is 7.79. The Labute approximate surface area is 146 Å². The normalized spacial score (nSPS) is 31.3. The summed E-state index contributed by atoms with van der Waals surface area (Å²) in [6.45, 7) is -0.908. The number of hydrogen-bond donors (Lipinski definition) is 1. The summed E-state index contributed by atoms with van der Waals surface area (Å²) < 4.78 is 40.1. The maximum absolute atomic E-state index is 13.1. The molecule has 1 aromatic heterocycles. The summed E-state index contributed by atoms with van der Waals surface area (Å²) in [4.78, 5) is 6.15. The highest BCUT2D eigenvalue weighted by molar-refractivity contribution is 9.10. The molecule has 2 fully saturated rings. The maximum Gasteiger partial charge on any atom is 0.401 e. The van der Waals surface area contributed by atoms with Crippen LogP contribution in [0, 0.1) is 5.92 Å². The number of rotatable bonds is 3. The summed E-state index contributed by atoms with van der Waals surface area (Å²) in [5.74, 6) is -0.0269. The summed E-state index contributed by atoms with van der Waals surface area (Å²) in [5.41, 5.74) is 5.94. The zero-order valence-electron chi connectivity index (χ0n) is 12.3. The Morgan fingerprint density at radius 2 is 2.22 bits per heavy atom. The van der Waals surface area contributed by atoms with Gasteiger partial charge in [-0.2, -0.15) is 13.2 Å². The van der Waals surface area contributed by atoms with Crippen LogP contribution in [0.2, 0.25) is 0 Å². The molecule has 3 atom stereocenters. The Morgan fingerprint density at radius 3 is 2.83 bits per heavy atom. The van der Waals surface area contributed by atoms with E-state index < -0.39 is 18.3 Å². The zero-order chi connectivity index (χ0) is 16.8. The van der Waals surface area contributed by atoms with E-state index in [1.807, 2.05) is 6.07 Å². The number of alkyl halides is 3. The average Bonchev–Trinajstić information content (AvgIpc) is 2.66. The van der Waals surface area contributed by atoms with E-state index in [1.54, 1.807) is 17.3 Å². The highest BCUT2D eigenvalue weighted by Crippen LogP contribution is 2.53. The van der Waals surface area contributed by atoms with E-state index in [9.17, 15) is 13.2 Å². The van der Waals surface area contributed by atoms with E-state index in [0.717, 1.165) is 16.5 Å². The number of aromatic nitrogens is 1. The van der Waals surface area contributed by atoms with E-state index in [4.69, 9.17) is 18.0 Å². The van der Waals surface area contributed by atoms with Crippen molar-refractivity contribution in [2.24, 2.45) is 11.7 Å². The SMILES string of the molecule is NC(=S)C1CC2CCC(c3cncc(Br)c3)(C1)N2CC(F)(F)F. The van der Waals surface area contributed by atoms with Crippen molar-refractivity contribution in [1.29, 1.82) is 0 Å². The molecular weight excluding hydrogens is 391 g/mol. The smallest absolute Gasteiger partial charge is 0.393 e. The van der Waals surface area contributed by atoms with Crippen molar-refractivity contribution in [2.45, 2.75) is 43.4 Å². The fraction of sp³-hybridized carbons (Fsp3) is 0.600. The molecule has 0 amide bonds. The standard InChI is InChI=1S/C15H17BrF3N3S/c16-11-4-10(6-21-7-11)14-2-1-12(3-9(5-14)13(20)23)22(14)8-15(17,18)19/h4,6-7,9,12H,1-3,5,8H2,(H2,20,23). The third kappa shape index (κ3) is 3.25. The number of pyridine rings is 1. The monoisotopic (exact) mass is 407 g/mol. The summed E-state index contributed by atoms with van der Waals surface area (Å²) in [6.07, 6.45) is 1.59.